The zero-order valence-electron chi connectivity index (χ0n) is 13.5. The quantitative estimate of drug-likeness (QED) is 0.719. The lowest BCUT2D eigenvalue weighted by Gasteiger charge is -2.15. The second-order valence-corrected chi connectivity index (χ2v) is 5.75. The molecular formula is C20H27N. The summed E-state index contributed by atoms with van der Waals surface area (Å²) >= 11 is 0. The van der Waals surface area contributed by atoms with Gasteiger partial charge in [0.15, 0.2) is 0 Å². The monoisotopic (exact) mass is 281 g/mol. The molecule has 2 rings (SSSR count). The Kier molecular flexibility index (Phi) is 6.01. The van der Waals surface area contributed by atoms with E-state index in [2.05, 4.69) is 74.6 Å². The summed E-state index contributed by atoms with van der Waals surface area (Å²) in [7, 11) is 0. The molecule has 0 amide bonds. The van der Waals surface area contributed by atoms with Gasteiger partial charge in [-0.1, -0.05) is 62.7 Å². The number of rotatable bonds is 7. The zero-order chi connectivity index (χ0) is 15.1. The summed E-state index contributed by atoms with van der Waals surface area (Å²) in [5.74, 6) is 0. The molecule has 1 unspecified atom stereocenters. The van der Waals surface area contributed by atoms with Crippen molar-refractivity contribution in [1.82, 2.24) is 5.32 Å². The van der Waals surface area contributed by atoms with Crippen LogP contribution in [0.4, 0.5) is 0 Å². The van der Waals surface area contributed by atoms with Crippen molar-refractivity contribution >= 4 is 0 Å². The van der Waals surface area contributed by atoms with Gasteiger partial charge in [0, 0.05) is 6.04 Å². The Morgan fingerprint density at radius 1 is 0.905 bits per heavy atom. The molecular weight excluding hydrogens is 254 g/mol. The molecule has 0 spiro atoms. The smallest absolute Gasteiger partial charge is 0.0292 e. The fourth-order valence-electron chi connectivity index (χ4n) is 2.66. The average Bonchev–Trinajstić information content (AvgIpc) is 2.53. The molecule has 2 aromatic carbocycles. The first-order valence-corrected chi connectivity index (χ1v) is 8.17. The Labute approximate surface area is 129 Å². The van der Waals surface area contributed by atoms with E-state index < -0.39 is 0 Å². The lowest BCUT2D eigenvalue weighted by molar-refractivity contribution is 0.571. The van der Waals surface area contributed by atoms with Crippen LogP contribution in [0.15, 0.2) is 48.5 Å². The summed E-state index contributed by atoms with van der Waals surface area (Å²) in [6, 6.07) is 18.3. The Bertz CT molecular complexity index is 559. The van der Waals surface area contributed by atoms with Crippen LogP contribution < -0.4 is 5.32 Å². The van der Waals surface area contributed by atoms with Crippen molar-refractivity contribution in [2.24, 2.45) is 0 Å². The normalized spacial score (nSPS) is 12.3. The zero-order valence-corrected chi connectivity index (χ0v) is 13.5. The minimum Gasteiger partial charge on any atom is -0.310 e. The van der Waals surface area contributed by atoms with E-state index in [1.807, 2.05) is 0 Å². The average molecular weight is 281 g/mol. The lowest BCUT2D eigenvalue weighted by Crippen LogP contribution is -2.19. The number of aryl methyl sites for hydroxylation is 1. The summed E-state index contributed by atoms with van der Waals surface area (Å²) in [6.45, 7) is 7.74. The fourth-order valence-corrected chi connectivity index (χ4v) is 2.66. The van der Waals surface area contributed by atoms with E-state index >= 15 is 0 Å². The van der Waals surface area contributed by atoms with E-state index in [4.69, 9.17) is 0 Å². The molecule has 0 aromatic heterocycles. The van der Waals surface area contributed by atoms with E-state index in [-0.39, 0.29) is 0 Å². The van der Waals surface area contributed by atoms with Gasteiger partial charge in [0.05, 0.1) is 0 Å². The van der Waals surface area contributed by atoms with Gasteiger partial charge in [0.25, 0.3) is 0 Å². The van der Waals surface area contributed by atoms with Crippen LogP contribution in [0.25, 0.3) is 11.1 Å². The van der Waals surface area contributed by atoms with Crippen LogP contribution in [0.1, 0.15) is 50.8 Å². The standard InChI is InChI=1S/C20H27N/c1-4-8-17-9-6-11-19(14-17)20-12-7-10-18(15-20)16(3)21-13-5-2/h6-7,9-12,14-16,21H,4-5,8,13H2,1-3H3. The molecule has 1 nitrogen and oxygen atoms in total. The number of hydrogen-bond donors (Lipinski definition) is 1. The highest BCUT2D eigenvalue weighted by Crippen LogP contribution is 2.24. The topological polar surface area (TPSA) is 12.0 Å². The number of nitrogens with one attached hydrogen (secondary N) is 1. The largest absolute Gasteiger partial charge is 0.310 e. The summed E-state index contributed by atoms with van der Waals surface area (Å²) in [5, 5.41) is 3.56. The SMILES string of the molecule is CCCNC(C)c1cccc(-c2cccc(CCC)c2)c1. The van der Waals surface area contributed by atoms with Crippen molar-refractivity contribution in [1.29, 1.82) is 0 Å². The Hall–Kier alpha value is -1.60. The minimum absolute atomic E-state index is 0.406. The van der Waals surface area contributed by atoms with Gasteiger partial charge < -0.3 is 5.32 Å². The van der Waals surface area contributed by atoms with Crippen molar-refractivity contribution in [2.45, 2.75) is 46.1 Å². The van der Waals surface area contributed by atoms with Gasteiger partial charge in [-0.15, -0.1) is 0 Å². The van der Waals surface area contributed by atoms with Crippen LogP contribution >= 0.6 is 0 Å². The third-order valence-electron chi connectivity index (χ3n) is 3.89. The molecule has 0 heterocycles. The first kappa shape index (κ1) is 15.8. The molecule has 0 aliphatic rings. The first-order valence-electron chi connectivity index (χ1n) is 8.17. The van der Waals surface area contributed by atoms with E-state index in [0.717, 1.165) is 13.0 Å². The molecule has 112 valence electrons. The fraction of sp³-hybridized carbons (Fsp3) is 0.400. The summed E-state index contributed by atoms with van der Waals surface area (Å²) in [6.07, 6.45) is 3.52. The summed E-state index contributed by atoms with van der Waals surface area (Å²) < 4.78 is 0. The van der Waals surface area contributed by atoms with Gasteiger partial charge in [-0.2, -0.15) is 0 Å². The molecule has 1 N–H and O–H groups in total. The molecule has 1 heteroatoms. The maximum absolute atomic E-state index is 3.56. The van der Waals surface area contributed by atoms with Gasteiger partial charge in [-0.3, -0.25) is 0 Å². The van der Waals surface area contributed by atoms with Gasteiger partial charge in [0.2, 0.25) is 0 Å². The molecule has 0 aliphatic heterocycles. The van der Waals surface area contributed by atoms with Crippen molar-refractivity contribution in [3.05, 3.63) is 59.7 Å². The molecule has 0 saturated heterocycles. The summed E-state index contributed by atoms with van der Waals surface area (Å²) in [4.78, 5) is 0. The second kappa shape index (κ2) is 7.99. The number of benzene rings is 2. The van der Waals surface area contributed by atoms with Crippen LogP contribution in [0.3, 0.4) is 0 Å². The van der Waals surface area contributed by atoms with Gasteiger partial charge in [0.1, 0.15) is 0 Å². The van der Waals surface area contributed by atoms with Gasteiger partial charge in [-0.25, -0.2) is 0 Å². The molecule has 0 radical (unpaired) electrons. The highest BCUT2D eigenvalue weighted by molar-refractivity contribution is 5.65. The predicted molar refractivity (Wildman–Crippen MR) is 92.6 cm³/mol. The molecule has 0 aliphatic carbocycles. The Morgan fingerprint density at radius 2 is 1.62 bits per heavy atom. The molecule has 21 heavy (non-hydrogen) atoms. The Balaban J connectivity index is 2.22. The van der Waals surface area contributed by atoms with E-state index in [0.29, 0.717) is 6.04 Å². The van der Waals surface area contributed by atoms with Crippen molar-refractivity contribution in [3.63, 3.8) is 0 Å². The lowest BCUT2D eigenvalue weighted by atomic mass is 9.98. The van der Waals surface area contributed by atoms with E-state index in [9.17, 15) is 0 Å². The predicted octanol–water partition coefficient (Wildman–Crippen LogP) is 5.37. The van der Waals surface area contributed by atoms with Crippen LogP contribution in [-0.2, 0) is 6.42 Å². The molecule has 1 atom stereocenters. The van der Waals surface area contributed by atoms with Crippen molar-refractivity contribution in [3.8, 4) is 11.1 Å². The molecule has 0 fully saturated rings. The van der Waals surface area contributed by atoms with Crippen LogP contribution in [0, 0.1) is 0 Å². The van der Waals surface area contributed by atoms with E-state index in [1.54, 1.807) is 0 Å². The van der Waals surface area contributed by atoms with Crippen LogP contribution in [-0.4, -0.2) is 6.54 Å². The second-order valence-electron chi connectivity index (χ2n) is 5.75. The number of hydrogen-bond acceptors (Lipinski definition) is 1. The van der Waals surface area contributed by atoms with Crippen molar-refractivity contribution in [2.75, 3.05) is 6.54 Å². The van der Waals surface area contributed by atoms with Gasteiger partial charge in [-0.05, 0) is 54.6 Å². The molecule has 0 bridgehead atoms. The maximum Gasteiger partial charge on any atom is 0.0292 e. The highest BCUT2D eigenvalue weighted by Gasteiger charge is 2.06. The third-order valence-corrected chi connectivity index (χ3v) is 3.89. The molecule has 2 aromatic rings. The van der Waals surface area contributed by atoms with Crippen LogP contribution in [0.2, 0.25) is 0 Å². The third kappa shape index (κ3) is 4.44. The molecule has 0 saturated carbocycles. The highest BCUT2D eigenvalue weighted by atomic mass is 14.9. The first-order chi connectivity index (χ1) is 10.2. The van der Waals surface area contributed by atoms with Gasteiger partial charge >= 0.3 is 0 Å². The maximum atomic E-state index is 3.56. The van der Waals surface area contributed by atoms with Crippen LogP contribution in [0.5, 0.6) is 0 Å². The minimum atomic E-state index is 0.406. The summed E-state index contributed by atoms with van der Waals surface area (Å²) in [5.41, 5.74) is 5.43. The van der Waals surface area contributed by atoms with E-state index in [1.165, 1.54) is 35.1 Å². The Morgan fingerprint density at radius 3 is 2.33 bits per heavy atom. The van der Waals surface area contributed by atoms with Crippen molar-refractivity contribution < 1.29 is 0 Å².